The fourth-order valence-electron chi connectivity index (χ4n) is 3.11. The molecule has 2 heterocycles. The van der Waals surface area contributed by atoms with Gasteiger partial charge in [-0.05, 0) is 31.3 Å². The predicted molar refractivity (Wildman–Crippen MR) is 80.0 cm³/mol. The number of hydrogen-bond acceptors (Lipinski definition) is 3. The van der Waals surface area contributed by atoms with E-state index in [9.17, 15) is 17.2 Å². The first-order valence-electron chi connectivity index (χ1n) is 6.59. The molecule has 0 aromatic heterocycles. The molecule has 1 aromatic rings. The molecule has 0 radical (unpaired) electrons. The van der Waals surface area contributed by atoms with Crippen molar-refractivity contribution in [1.82, 2.24) is 4.90 Å². The molecule has 2 fully saturated rings. The van der Waals surface area contributed by atoms with Crippen molar-refractivity contribution in [2.75, 3.05) is 23.0 Å². The van der Waals surface area contributed by atoms with Crippen LogP contribution in [-0.2, 0) is 9.84 Å². The highest BCUT2D eigenvalue weighted by Gasteiger charge is 2.52. The molecule has 21 heavy (non-hydrogen) atoms. The van der Waals surface area contributed by atoms with E-state index in [1.165, 1.54) is 11.0 Å². The third kappa shape index (κ3) is 2.30. The molecule has 0 unspecified atom stereocenters. The van der Waals surface area contributed by atoms with E-state index in [1.54, 1.807) is 4.90 Å². The summed E-state index contributed by atoms with van der Waals surface area (Å²) in [5.41, 5.74) is 0.129. The number of halogens is 2. The van der Waals surface area contributed by atoms with Gasteiger partial charge in [-0.15, -0.1) is 0 Å². The summed E-state index contributed by atoms with van der Waals surface area (Å²) in [7, 11) is -3.17. The summed E-state index contributed by atoms with van der Waals surface area (Å²) in [6.45, 7) is 2.42. The van der Waals surface area contributed by atoms with Crippen molar-refractivity contribution in [2.24, 2.45) is 0 Å². The van der Waals surface area contributed by atoms with Crippen molar-refractivity contribution in [3.05, 3.63) is 29.8 Å². The lowest BCUT2D eigenvalue weighted by Crippen LogP contribution is -2.38. The molecule has 3 rings (SSSR count). The Morgan fingerprint density at radius 2 is 1.95 bits per heavy atom. The van der Waals surface area contributed by atoms with Crippen molar-refractivity contribution < 1.29 is 17.2 Å². The Hall–Kier alpha value is -1.28. The number of thiocarbonyl (C=S) groups is 1. The van der Waals surface area contributed by atoms with Crippen LogP contribution < -0.4 is 4.90 Å². The lowest BCUT2D eigenvalue weighted by molar-refractivity contribution is 0.373. The molecule has 114 valence electrons. The van der Waals surface area contributed by atoms with Gasteiger partial charge in [0.1, 0.15) is 11.6 Å². The number of rotatable bonds is 2. The summed E-state index contributed by atoms with van der Waals surface area (Å²) in [5.74, 6) is -1.46. The summed E-state index contributed by atoms with van der Waals surface area (Å²) in [6, 6.07) is 2.55. The van der Waals surface area contributed by atoms with E-state index in [4.69, 9.17) is 12.2 Å². The third-order valence-electron chi connectivity index (χ3n) is 3.99. The normalized spacial score (nSPS) is 27.3. The number of anilines is 1. The van der Waals surface area contributed by atoms with E-state index < -0.39 is 27.5 Å². The van der Waals surface area contributed by atoms with Gasteiger partial charge in [-0.1, -0.05) is 0 Å². The van der Waals surface area contributed by atoms with Crippen LogP contribution in [0.5, 0.6) is 0 Å². The van der Waals surface area contributed by atoms with Gasteiger partial charge in [-0.3, -0.25) is 0 Å². The lowest BCUT2D eigenvalue weighted by atomic mass is 10.1. The van der Waals surface area contributed by atoms with Gasteiger partial charge in [0.15, 0.2) is 14.9 Å². The quantitative estimate of drug-likeness (QED) is 0.769. The summed E-state index contributed by atoms with van der Waals surface area (Å²) in [4.78, 5) is 3.32. The molecule has 2 atom stereocenters. The average molecular weight is 332 g/mol. The topological polar surface area (TPSA) is 40.6 Å². The van der Waals surface area contributed by atoms with E-state index in [1.807, 2.05) is 6.92 Å². The van der Waals surface area contributed by atoms with E-state index in [0.29, 0.717) is 11.7 Å². The highest BCUT2D eigenvalue weighted by molar-refractivity contribution is 7.91. The molecule has 2 aliphatic heterocycles. The molecule has 8 heteroatoms. The molecule has 0 aliphatic carbocycles. The Morgan fingerprint density at radius 1 is 1.29 bits per heavy atom. The number of benzene rings is 1. The second kappa shape index (κ2) is 4.88. The Bertz CT molecular complexity index is 708. The standard InChI is InChI=1S/C13H14F2N2O2S2/c1-2-16-11-6-21(18,19)7-12(11)17(13(16)20)10-4-3-8(14)5-9(10)15/h3-5,11-12H,2,6-7H2,1H3/t11-,12+/m0/s1. The van der Waals surface area contributed by atoms with E-state index in [2.05, 4.69) is 0 Å². The fourth-order valence-corrected chi connectivity index (χ4v) is 5.55. The van der Waals surface area contributed by atoms with Crippen molar-refractivity contribution in [3.8, 4) is 0 Å². The molecule has 2 aliphatic rings. The van der Waals surface area contributed by atoms with Gasteiger partial charge in [0, 0.05) is 12.6 Å². The summed E-state index contributed by atoms with van der Waals surface area (Å²) in [6.07, 6.45) is 0. The smallest absolute Gasteiger partial charge is 0.176 e. The molecule has 0 spiro atoms. The van der Waals surface area contributed by atoms with E-state index >= 15 is 0 Å². The van der Waals surface area contributed by atoms with Crippen molar-refractivity contribution >= 4 is 32.9 Å². The van der Waals surface area contributed by atoms with Crippen molar-refractivity contribution in [3.63, 3.8) is 0 Å². The second-order valence-corrected chi connectivity index (χ2v) is 7.76. The van der Waals surface area contributed by atoms with E-state index in [0.717, 1.165) is 12.1 Å². The first-order chi connectivity index (χ1) is 9.84. The zero-order chi connectivity index (χ0) is 15.4. The van der Waals surface area contributed by atoms with Gasteiger partial charge in [0.05, 0.1) is 29.3 Å². The van der Waals surface area contributed by atoms with Gasteiger partial charge in [0.2, 0.25) is 0 Å². The average Bonchev–Trinajstić information content (AvgIpc) is 2.80. The SMILES string of the molecule is CCN1C(=S)N(c2ccc(F)cc2F)[C@@H]2CS(=O)(=O)C[C@@H]21. The molecular formula is C13H14F2N2O2S2. The molecule has 2 saturated heterocycles. The lowest BCUT2D eigenvalue weighted by Gasteiger charge is -2.25. The molecule has 0 amide bonds. The van der Waals surface area contributed by atoms with Crippen molar-refractivity contribution in [2.45, 2.75) is 19.0 Å². The maximum atomic E-state index is 14.0. The van der Waals surface area contributed by atoms with Crippen LogP contribution in [0.1, 0.15) is 6.92 Å². The van der Waals surface area contributed by atoms with Gasteiger partial charge in [-0.2, -0.15) is 0 Å². The Labute approximate surface area is 127 Å². The van der Waals surface area contributed by atoms with Crippen LogP contribution in [0, 0.1) is 11.6 Å². The number of sulfone groups is 1. The van der Waals surface area contributed by atoms with E-state index in [-0.39, 0.29) is 23.2 Å². The van der Waals surface area contributed by atoms with Gasteiger partial charge >= 0.3 is 0 Å². The van der Waals surface area contributed by atoms with Gasteiger partial charge < -0.3 is 9.80 Å². The first-order valence-corrected chi connectivity index (χ1v) is 8.82. The summed E-state index contributed by atoms with van der Waals surface area (Å²) < 4.78 is 50.9. The van der Waals surface area contributed by atoms with Crippen LogP contribution in [0.4, 0.5) is 14.5 Å². The highest BCUT2D eigenvalue weighted by Crippen LogP contribution is 2.36. The minimum Gasteiger partial charge on any atom is -0.343 e. The number of fused-ring (bicyclic) bond motifs is 1. The third-order valence-corrected chi connectivity index (χ3v) is 6.12. The Morgan fingerprint density at radius 3 is 2.57 bits per heavy atom. The van der Waals surface area contributed by atoms with Crippen LogP contribution in [0.2, 0.25) is 0 Å². The second-order valence-electron chi connectivity index (χ2n) is 5.25. The molecule has 0 bridgehead atoms. The molecule has 1 aromatic carbocycles. The maximum Gasteiger partial charge on any atom is 0.176 e. The number of nitrogens with zero attached hydrogens (tertiary/aromatic N) is 2. The van der Waals surface area contributed by atoms with Crippen LogP contribution in [0.3, 0.4) is 0 Å². The maximum absolute atomic E-state index is 14.0. The minimum absolute atomic E-state index is 0.0188. The number of likely N-dealkylation sites (N-methyl/N-ethyl adjacent to an activating group) is 1. The van der Waals surface area contributed by atoms with Crippen LogP contribution in [0.15, 0.2) is 18.2 Å². The molecule has 4 nitrogen and oxygen atoms in total. The van der Waals surface area contributed by atoms with Crippen LogP contribution in [-0.4, -0.2) is 48.6 Å². The fraction of sp³-hybridized carbons (Fsp3) is 0.462. The van der Waals surface area contributed by atoms with Gasteiger partial charge in [0.25, 0.3) is 0 Å². The monoisotopic (exact) mass is 332 g/mol. The van der Waals surface area contributed by atoms with Crippen LogP contribution in [0.25, 0.3) is 0 Å². The van der Waals surface area contributed by atoms with Crippen LogP contribution >= 0.6 is 12.2 Å². The van der Waals surface area contributed by atoms with Crippen molar-refractivity contribution in [1.29, 1.82) is 0 Å². The largest absolute Gasteiger partial charge is 0.343 e. The Balaban J connectivity index is 2.07. The zero-order valence-corrected chi connectivity index (χ0v) is 12.9. The zero-order valence-electron chi connectivity index (χ0n) is 11.3. The number of hydrogen-bond donors (Lipinski definition) is 0. The first kappa shape index (κ1) is 14.6. The highest BCUT2D eigenvalue weighted by atomic mass is 32.2. The summed E-state index contributed by atoms with van der Waals surface area (Å²) >= 11 is 5.36. The Kier molecular flexibility index (Phi) is 3.40. The predicted octanol–water partition coefficient (Wildman–Crippen LogP) is 1.56. The minimum atomic E-state index is -3.17. The van der Waals surface area contributed by atoms with Gasteiger partial charge in [-0.25, -0.2) is 17.2 Å². The molecule has 0 N–H and O–H groups in total. The summed E-state index contributed by atoms with van der Waals surface area (Å²) in [5, 5.41) is 0.396. The molecular weight excluding hydrogens is 318 g/mol. The molecule has 0 saturated carbocycles.